The quantitative estimate of drug-likeness (QED) is 0.711. The molecule has 140 valence electrons. The van der Waals surface area contributed by atoms with Crippen molar-refractivity contribution in [3.8, 4) is 0 Å². The van der Waals surface area contributed by atoms with Gasteiger partial charge in [-0.05, 0) is 49.8 Å². The van der Waals surface area contributed by atoms with Gasteiger partial charge in [-0.2, -0.15) is 0 Å². The molecule has 2 aliphatic rings. The molecule has 27 heavy (non-hydrogen) atoms. The topological polar surface area (TPSA) is 68.8 Å². The Hall–Kier alpha value is -2.70. The van der Waals surface area contributed by atoms with Gasteiger partial charge in [-0.15, -0.1) is 0 Å². The van der Waals surface area contributed by atoms with Crippen LogP contribution in [-0.4, -0.2) is 37.2 Å². The first-order valence-corrected chi connectivity index (χ1v) is 9.79. The molecule has 0 atom stereocenters. The maximum atomic E-state index is 12.6. The van der Waals surface area contributed by atoms with Gasteiger partial charge in [0.05, 0.1) is 5.52 Å². The van der Waals surface area contributed by atoms with Gasteiger partial charge in [0.25, 0.3) is 0 Å². The zero-order valence-electron chi connectivity index (χ0n) is 15.6. The Morgan fingerprint density at radius 1 is 1.07 bits per heavy atom. The highest BCUT2D eigenvalue weighted by Gasteiger charge is 2.28. The summed E-state index contributed by atoms with van der Waals surface area (Å²) in [6, 6.07) is 5.85. The number of anilines is 1. The Balaban J connectivity index is 1.30. The van der Waals surface area contributed by atoms with Crippen LogP contribution in [0, 0.1) is 5.92 Å². The van der Waals surface area contributed by atoms with Gasteiger partial charge >= 0.3 is 5.69 Å². The lowest BCUT2D eigenvalue weighted by molar-refractivity contribution is 0.354. The van der Waals surface area contributed by atoms with Crippen LogP contribution in [0.3, 0.4) is 0 Å². The molecule has 0 N–H and O–H groups in total. The van der Waals surface area contributed by atoms with Crippen molar-refractivity contribution < 1.29 is 0 Å². The van der Waals surface area contributed by atoms with Crippen LogP contribution >= 0.6 is 0 Å². The number of hydrogen-bond donors (Lipinski definition) is 0. The van der Waals surface area contributed by atoms with Crippen molar-refractivity contribution in [3.05, 3.63) is 46.9 Å². The lowest BCUT2D eigenvalue weighted by atomic mass is 9.96. The SMILES string of the molecule is Cn1c(=O)n(CC2CCN(c3ccnc(C4CC4)n3)CC2)c2ncccc21. The molecule has 0 spiro atoms. The third-order valence-electron chi connectivity index (χ3n) is 5.88. The molecular formula is C20H24N6O. The molecule has 0 amide bonds. The normalized spacial score (nSPS) is 18.3. The predicted octanol–water partition coefficient (Wildman–Crippen LogP) is 2.32. The van der Waals surface area contributed by atoms with Gasteiger partial charge in [-0.25, -0.2) is 19.7 Å². The molecule has 7 heteroatoms. The Bertz CT molecular complexity index is 1030. The van der Waals surface area contributed by atoms with E-state index < -0.39 is 0 Å². The molecule has 3 aromatic heterocycles. The molecule has 0 bridgehead atoms. The van der Waals surface area contributed by atoms with Gasteiger partial charge < -0.3 is 4.90 Å². The average Bonchev–Trinajstić information content (AvgIpc) is 3.54. The van der Waals surface area contributed by atoms with Crippen LogP contribution in [-0.2, 0) is 13.6 Å². The molecule has 1 saturated carbocycles. The van der Waals surface area contributed by atoms with E-state index in [0.717, 1.165) is 55.3 Å². The lowest BCUT2D eigenvalue weighted by Crippen LogP contribution is -2.37. The fourth-order valence-corrected chi connectivity index (χ4v) is 4.08. The molecule has 1 saturated heterocycles. The molecule has 0 unspecified atom stereocenters. The Kier molecular flexibility index (Phi) is 3.95. The van der Waals surface area contributed by atoms with Crippen LogP contribution in [0.25, 0.3) is 11.2 Å². The second-order valence-electron chi connectivity index (χ2n) is 7.78. The van der Waals surface area contributed by atoms with Crippen molar-refractivity contribution in [2.75, 3.05) is 18.0 Å². The lowest BCUT2D eigenvalue weighted by Gasteiger charge is -2.33. The number of aromatic nitrogens is 5. The second kappa shape index (κ2) is 6.48. The molecule has 3 aromatic rings. The molecule has 1 aliphatic carbocycles. The van der Waals surface area contributed by atoms with Gasteiger partial charge in [0.2, 0.25) is 0 Å². The van der Waals surface area contributed by atoms with E-state index in [1.165, 1.54) is 12.8 Å². The fourth-order valence-electron chi connectivity index (χ4n) is 4.08. The average molecular weight is 364 g/mol. The number of fused-ring (bicyclic) bond motifs is 1. The van der Waals surface area contributed by atoms with Crippen molar-refractivity contribution in [2.45, 2.75) is 38.1 Å². The highest BCUT2D eigenvalue weighted by molar-refractivity contribution is 5.71. The zero-order valence-corrected chi connectivity index (χ0v) is 15.6. The van der Waals surface area contributed by atoms with Gasteiger partial charge in [0.15, 0.2) is 5.65 Å². The van der Waals surface area contributed by atoms with E-state index in [4.69, 9.17) is 4.98 Å². The minimum atomic E-state index is 0.0241. The summed E-state index contributed by atoms with van der Waals surface area (Å²) in [5, 5.41) is 0. The maximum Gasteiger partial charge on any atom is 0.330 e. The molecule has 0 aromatic carbocycles. The smallest absolute Gasteiger partial charge is 0.330 e. The van der Waals surface area contributed by atoms with Gasteiger partial charge in [0, 0.05) is 45.0 Å². The van der Waals surface area contributed by atoms with Crippen molar-refractivity contribution in [3.63, 3.8) is 0 Å². The van der Waals surface area contributed by atoms with Crippen LogP contribution in [0.15, 0.2) is 35.4 Å². The molecule has 7 nitrogen and oxygen atoms in total. The monoisotopic (exact) mass is 364 g/mol. The number of piperidine rings is 1. The minimum absolute atomic E-state index is 0.0241. The summed E-state index contributed by atoms with van der Waals surface area (Å²) in [5.74, 6) is 3.11. The molecular weight excluding hydrogens is 340 g/mol. The largest absolute Gasteiger partial charge is 0.356 e. The van der Waals surface area contributed by atoms with E-state index in [2.05, 4.69) is 14.9 Å². The van der Waals surface area contributed by atoms with E-state index in [-0.39, 0.29) is 5.69 Å². The standard InChI is InChI=1S/C20H24N6O/c1-24-16-3-2-9-22-19(16)26(20(24)27)13-14-7-11-25(12-8-14)17-6-10-21-18(23-17)15-4-5-15/h2-3,6,9-10,14-15H,4-5,7-8,11-13H2,1H3. The first kappa shape index (κ1) is 16.5. The van der Waals surface area contributed by atoms with E-state index in [9.17, 15) is 4.79 Å². The van der Waals surface area contributed by atoms with Gasteiger partial charge in [-0.1, -0.05) is 0 Å². The van der Waals surface area contributed by atoms with E-state index >= 15 is 0 Å². The Morgan fingerprint density at radius 3 is 2.67 bits per heavy atom. The highest BCUT2D eigenvalue weighted by atomic mass is 16.1. The first-order chi connectivity index (χ1) is 13.2. The van der Waals surface area contributed by atoms with Gasteiger partial charge in [0.1, 0.15) is 11.6 Å². The summed E-state index contributed by atoms with van der Waals surface area (Å²) in [6.07, 6.45) is 8.20. The minimum Gasteiger partial charge on any atom is -0.356 e. The molecule has 2 fully saturated rings. The summed E-state index contributed by atoms with van der Waals surface area (Å²) in [4.78, 5) is 28.6. The number of aryl methyl sites for hydroxylation is 1. The fraction of sp³-hybridized carbons (Fsp3) is 0.500. The van der Waals surface area contributed by atoms with E-state index in [1.807, 2.05) is 36.0 Å². The van der Waals surface area contributed by atoms with Crippen LogP contribution in [0.5, 0.6) is 0 Å². The Labute approximate surface area is 157 Å². The van der Waals surface area contributed by atoms with Crippen LogP contribution in [0.4, 0.5) is 5.82 Å². The van der Waals surface area contributed by atoms with Crippen LogP contribution in [0.1, 0.15) is 37.4 Å². The summed E-state index contributed by atoms with van der Waals surface area (Å²) in [5.41, 5.74) is 1.71. The first-order valence-electron chi connectivity index (χ1n) is 9.79. The number of nitrogens with zero attached hydrogens (tertiary/aromatic N) is 6. The Morgan fingerprint density at radius 2 is 1.89 bits per heavy atom. The molecule has 5 rings (SSSR count). The number of imidazole rings is 1. The molecule has 0 radical (unpaired) electrons. The molecule has 4 heterocycles. The highest BCUT2D eigenvalue weighted by Crippen LogP contribution is 2.38. The summed E-state index contributed by atoms with van der Waals surface area (Å²) >= 11 is 0. The van der Waals surface area contributed by atoms with Crippen LogP contribution < -0.4 is 10.6 Å². The van der Waals surface area contributed by atoms with Crippen molar-refractivity contribution in [2.24, 2.45) is 13.0 Å². The maximum absolute atomic E-state index is 12.6. The van der Waals surface area contributed by atoms with Crippen molar-refractivity contribution in [1.29, 1.82) is 0 Å². The molecule has 1 aliphatic heterocycles. The second-order valence-corrected chi connectivity index (χ2v) is 7.78. The van der Waals surface area contributed by atoms with Crippen LogP contribution in [0.2, 0.25) is 0 Å². The van der Waals surface area contributed by atoms with Gasteiger partial charge in [-0.3, -0.25) is 9.13 Å². The number of pyridine rings is 1. The third-order valence-corrected chi connectivity index (χ3v) is 5.88. The summed E-state index contributed by atoms with van der Waals surface area (Å²) in [6.45, 7) is 2.68. The van der Waals surface area contributed by atoms with Crippen molar-refractivity contribution in [1.82, 2.24) is 24.1 Å². The number of rotatable bonds is 4. The summed E-state index contributed by atoms with van der Waals surface area (Å²) < 4.78 is 3.53. The van der Waals surface area contributed by atoms with Crippen molar-refractivity contribution >= 4 is 17.0 Å². The van der Waals surface area contributed by atoms with E-state index in [1.54, 1.807) is 10.8 Å². The van der Waals surface area contributed by atoms with E-state index in [0.29, 0.717) is 11.8 Å². The zero-order chi connectivity index (χ0) is 18.4. The third kappa shape index (κ3) is 3.01. The predicted molar refractivity (Wildman–Crippen MR) is 104 cm³/mol. The number of hydrogen-bond acceptors (Lipinski definition) is 5. The summed E-state index contributed by atoms with van der Waals surface area (Å²) in [7, 11) is 1.82.